The number of hydrogen-bond donors (Lipinski definition) is 1. The first-order chi connectivity index (χ1) is 15.8. The fraction of sp³-hybridized carbons (Fsp3) is 0.318. The topological polar surface area (TPSA) is 112 Å². The highest BCUT2D eigenvalue weighted by atomic mass is 32.2. The maximum absolute atomic E-state index is 12.6. The minimum atomic E-state index is -3.11. The van der Waals surface area contributed by atoms with Crippen LogP contribution in [0.5, 0.6) is 11.5 Å². The normalized spacial score (nSPS) is 20.6. The lowest BCUT2D eigenvalue weighted by Gasteiger charge is -2.23. The third-order valence-corrected chi connectivity index (χ3v) is 8.39. The van der Waals surface area contributed by atoms with E-state index in [1.807, 2.05) is 53.1 Å². The first-order valence-corrected chi connectivity index (χ1v) is 13.2. The number of carbonyl (C=O) groups excluding carboxylic acids is 1. The van der Waals surface area contributed by atoms with Crippen LogP contribution >= 0.6 is 11.8 Å². The number of ether oxygens (including phenoxy) is 2. The highest BCUT2D eigenvalue weighted by molar-refractivity contribution is 7.99. The number of rotatable bonds is 6. The largest absolute Gasteiger partial charge is 0.454 e. The van der Waals surface area contributed by atoms with E-state index in [0.717, 1.165) is 11.3 Å². The summed E-state index contributed by atoms with van der Waals surface area (Å²) in [5.41, 5.74) is 0.920. The van der Waals surface area contributed by atoms with Gasteiger partial charge in [-0.05, 0) is 43.7 Å². The summed E-state index contributed by atoms with van der Waals surface area (Å²) in [5, 5.41) is 12.2. The van der Waals surface area contributed by atoms with Crippen LogP contribution in [0.15, 0.2) is 53.7 Å². The van der Waals surface area contributed by atoms with Crippen LogP contribution in [0.25, 0.3) is 17.1 Å². The molecule has 0 aliphatic carbocycles. The van der Waals surface area contributed by atoms with E-state index in [9.17, 15) is 13.2 Å². The van der Waals surface area contributed by atoms with Crippen molar-refractivity contribution in [1.29, 1.82) is 0 Å². The Bertz CT molecular complexity index is 1310. The van der Waals surface area contributed by atoms with Crippen molar-refractivity contribution in [3.63, 3.8) is 0 Å². The molecule has 2 aromatic carbocycles. The molecular formula is C22H22N4O5S2. The number of fused-ring (bicyclic) bond motifs is 1. The van der Waals surface area contributed by atoms with Crippen molar-refractivity contribution >= 4 is 27.5 Å². The second-order valence-corrected chi connectivity index (χ2v) is 11.4. The Morgan fingerprint density at radius 2 is 1.94 bits per heavy atom. The molecule has 1 atom stereocenters. The summed E-state index contributed by atoms with van der Waals surface area (Å²) in [6.45, 7) is 1.95. The number of hydrogen-bond acceptors (Lipinski definition) is 8. The third-order valence-electron chi connectivity index (χ3n) is 5.56. The van der Waals surface area contributed by atoms with Crippen molar-refractivity contribution in [3.8, 4) is 28.6 Å². The van der Waals surface area contributed by atoms with Crippen LogP contribution in [0, 0.1) is 0 Å². The number of sulfone groups is 1. The zero-order valence-corrected chi connectivity index (χ0v) is 19.5. The van der Waals surface area contributed by atoms with Gasteiger partial charge in [0.05, 0.1) is 22.8 Å². The van der Waals surface area contributed by atoms with Gasteiger partial charge in [0.2, 0.25) is 12.7 Å². The predicted molar refractivity (Wildman–Crippen MR) is 123 cm³/mol. The molecule has 5 rings (SSSR count). The number of aromatic nitrogens is 3. The van der Waals surface area contributed by atoms with Gasteiger partial charge in [0, 0.05) is 11.3 Å². The quantitative estimate of drug-likeness (QED) is 0.529. The summed E-state index contributed by atoms with van der Waals surface area (Å²) in [6.07, 6.45) is 0.417. The van der Waals surface area contributed by atoms with E-state index in [4.69, 9.17) is 9.47 Å². The van der Waals surface area contributed by atoms with Gasteiger partial charge in [0.25, 0.3) is 0 Å². The number of nitrogens with zero attached hydrogens (tertiary/aromatic N) is 3. The Balaban J connectivity index is 1.39. The van der Waals surface area contributed by atoms with Crippen LogP contribution in [0.4, 0.5) is 0 Å². The highest BCUT2D eigenvalue weighted by Crippen LogP contribution is 2.37. The molecular weight excluding hydrogens is 464 g/mol. The second-order valence-electron chi connectivity index (χ2n) is 8.28. The van der Waals surface area contributed by atoms with Crippen LogP contribution in [0.2, 0.25) is 0 Å². The van der Waals surface area contributed by atoms with Crippen molar-refractivity contribution < 1.29 is 22.7 Å². The fourth-order valence-electron chi connectivity index (χ4n) is 4.01. The van der Waals surface area contributed by atoms with E-state index >= 15 is 0 Å². The Hall–Kier alpha value is -3.05. The van der Waals surface area contributed by atoms with Crippen molar-refractivity contribution in [3.05, 3.63) is 48.5 Å². The molecule has 3 heterocycles. The number of thioether (sulfide) groups is 1. The van der Waals surface area contributed by atoms with Crippen LogP contribution in [-0.4, -0.2) is 58.7 Å². The maximum atomic E-state index is 12.6. The van der Waals surface area contributed by atoms with Gasteiger partial charge in [0.1, 0.15) is 0 Å². The van der Waals surface area contributed by atoms with Crippen LogP contribution in [-0.2, 0) is 14.6 Å². The van der Waals surface area contributed by atoms with E-state index in [2.05, 4.69) is 15.5 Å². The number of carbonyl (C=O) groups is 1. The first kappa shape index (κ1) is 21.8. The molecule has 0 radical (unpaired) electrons. The summed E-state index contributed by atoms with van der Waals surface area (Å²) in [7, 11) is -3.11. The molecule has 2 aliphatic rings. The molecule has 0 unspecified atom stereocenters. The molecule has 1 N–H and O–H groups in total. The Morgan fingerprint density at radius 1 is 1.15 bits per heavy atom. The summed E-state index contributed by atoms with van der Waals surface area (Å²) >= 11 is 1.24. The molecule has 0 spiro atoms. The van der Waals surface area contributed by atoms with Gasteiger partial charge in [0.15, 0.2) is 32.3 Å². The van der Waals surface area contributed by atoms with Gasteiger partial charge in [-0.15, -0.1) is 10.2 Å². The van der Waals surface area contributed by atoms with E-state index in [1.54, 1.807) is 6.92 Å². The van der Waals surface area contributed by atoms with E-state index < -0.39 is 15.4 Å². The molecule has 11 heteroatoms. The van der Waals surface area contributed by atoms with Gasteiger partial charge in [-0.2, -0.15) is 0 Å². The molecule has 2 aliphatic heterocycles. The van der Waals surface area contributed by atoms with E-state index in [0.29, 0.717) is 28.9 Å². The van der Waals surface area contributed by atoms with Crippen molar-refractivity contribution in [2.24, 2.45) is 0 Å². The van der Waals surface area contributed by atoms with Crippen LogP contribution in [0.1, 0.15) is 13.3 Å². The van der Waals surface area contributed by atoms with Crippen LogP contribution < -0.4 is 14.8 Å². The molecule has 0 bridgehead atoms. The summed E-state index contributed by atoms with van der Waals surface area (Å²) in [5.74, 6) is 1.83. The van der Waals surface area contributed by atoms with Crippen LogP contribution in [0.3, 0.4) is 0 Å². The zero-order chi connectivity index (χ0) is 23.1. The Morgan fingerprint density at radius 3 is 2.70 bits per heavy atom. The summed E-state index contributed by atoms with van der Waals surface area (Å²) < 4.78 is 36.4. The van der Waals surface area contributed by atoms with Crippen molar-refractivity contribution in [2.45, 2.75) is 24.0 Å². The highest BCUT2D eigenvalue weighted by Gasteiger charge is 2.39. The number of amides is 1. The van der Waals surface area contributed by atoms with Gasteiger partial charge >= 0.3 is 0 Å². The fourth-order valence-corrected chi connectivity index (χ4v) is 6.85. The average Bonchev–Trinajstić information content (AvgIpc) is 3.49. The zero-order valence-electron chi connectivity index (χ0n) is 17.9. The minimum absolute atomic E-state index is 0.0368. The smallest absolute Gasteiger partial charge is 0.231 e. The van der Waals surface area contributed by atoms with Gasteiger partial charge in [-0.25, -0.2) is 8.42 Å². The van der Waals surface area contributed by atoms with E-state index in [1.165, 1.54) is 11.8 Å². The standard InChI is InChI=1S/C22H22N4O5S2/c1-22(9-10-33(28,29)13-22)23-19(27)12-32-21-25-24-20(26(21)16-5-3-2-4-6-16)15-7-8-17-18(11-15)31-14-30-17/h2-8,11H,9-10,12-14H2,1H3,(H,23,27)/t22-/m0/s1. The molecule has 1 fully saturated rings. The minimum Gasteiger partial charge on any atom is -0.454 e. The lowest BCUT2D eigenvalue weighted by atomic mass is 10.0. The van der Waals surface area contributed by atoms with Crippen molar-refractivity contribution in [2.75, 3.05) is 24.1 Å². The Labute approximate surface area is 195 Å². The lowest BCUT2D eigenvalue weighted by molar-refractivity contribution is -0.120. The molecule has 1 amide bonds. The summed E-state index contributed by atoms with van der Waals surface area (Å²) in [4.78, 5) is 12.6. The molecule has 33 heavy (non-hydrogen) atoms. The molecule has 1 saturated heterocycles. The molecule has 1 aromatic heterocycles. The Kier molecular flexibility index (Phi) is 5.53. The van der Waals surface area contributed by atoms with Gasteiger partial charge in [-0.1, -0.05) is 30.0 Å². The summed E-state index contributed by atoms with van der Waals surface area (Å²) in [6, 6.07) is 15.2. The molecule has 0 saturated carbocycles. The number of benzene rings is 2. The molecule has 9 nitrogen and oxygen atoms in total. The lowest BCUT2D eigenvalue weighted by Crippen LogP contribution is -2.47. The average molecular weight is 487 g/mol. The van der Waals surface area contributed by atoms with Crippen molar-refractivity contribution in [1.82, 2.24) is 20.1 Å². The molecule has 3 aromatic rings. The van der Waals surface area contributed by atoms with E-state index in [-0.39, 0.29) is 30.0 Å². The first-order valence-electron chi connectivity index (χ1n) is 10.4. The van der Waals surface area contributed by atoms with Gasteiger partial charge in [-0.3, -0.25) is 9.36 Å². The monoisotopic (exact) mass is 486 g/mol. The number of nitrogens with one attached hydrogen (secondary N) is 1. The second kappa shape index (κ2) is 8.38. The predicted octanol–water partition coefficient (Wildman–Crippen LogP) is 2.45. The SMILES string of the molecule is C[C@]1(NC(=O)CSc2nnc(-c3ccc4c(c3)OCO4)n2-c2ccccc2)CCS(=O)(=O)C1. The molecule has 172 valence electrons. The number of para-hydroxylation sites is 1. The van der Waals surface area contributed by atoms with Gasteiger partial charge < -0.3 is 14.8 Å². The third kappa shape index (κ3) is 4.55. The maximum Gasteiger partial charge on any atom is 0.231 e.